The first-order valence-electron chi connectivity index (χ1n) is 6.17. The van der Waals surface area contributed by atoms with E-state index in [0.717, 1.165) is 19.6 Å². The van der Waals surface area contributed by atoms with E-state index in [1.54, 1.807) is 0 Å². The second kappa shape index (κ2) is 5.46. The van der Waals surface area contributed by atoms with Crippen molar-refractivity contribution in [2.75, 3.05) is 13.2 Å². The summed E-state index contributed by atoms with van der Waals surface area (Å²) in [7, 11) is 0. The van der Waals surface area contributed by atoms with E-state index in [2.05, 4.69) is 31.2 Å². The molecule has 1 aliphatic heterocycles. The summed E-state index contributed by atoms with van der Waals surface area (Å²) in [5.74, 6) is 0.928. The molecule has 3 atom stereocenters. The fourth-order valence-electron chi connectivity index (χ4n) is 2.46. The molecule has 1 fully saturated rings. The van der Waals surface area contributed by atoms with E-state index in [1.165, 1.54) is 12.0 Å². The lowest BCUT2D eigenvalue weighted by atomic mass is 9.83. The van der Waals surface area contributed by atoms with E-state index in [-0.39, 0.29) is 6.04 Å². The average molecular weight is 219 g/mol. The molecule has 0 aliphatic carbocycles. The van der Waals surface area contributed by atoms with E-state index in [9.17, 15) is 0 Å². The molecule has 2 rings (SSSR count). The van der Waals surface area contributed by atoms with Gasteiger partial charge in [0.15, 0.2) is 0 Å². The lowest BCUT2D eigenvalue weighted by molar-refractivity contribution is 0.0419. The zero-order valence-corrected chi connectivity index (χ0v) is 9.93. The van der Waals surface area contributed by atoms with Crippen molar-refractivity contribution >= 4 is 0 Å². The molecule has 0 spiro atoms. The molecule has 2 N–H and O–H groups in total. The first-order chi connectivity index (χ1) is 7.79. The maximum Gasteiger partial charge on any atom is 0.0509 e. The summed E-state index contributed by atoms with van der Waals surface area (Å²) in [5, 5.41) is 0. The van der Waals surface area contributed by atoms with Gasteiger partial charge in [0.05, 0.1) is 6.61 Å². The molecule has 16 heavy (non-hydrogen) atoms. The van der Waals surface area contributed by atoms with Crippen LogP contribution in [0.1, 0.15) is 31.2 Å². The Labute approximate surface area is 97.8 Å². The Bertz CT molecular complexity index is 306. The summed E-state index contributed by atoms with van der Waals surface area (Å²) in [5.41, 5.74) is 7.68. The van der Waals surface area contributed by atoms with Gasteiger partial charge in [0.1, 0.15) is 0 Å². The molecular formula is C14H21NO. The third-order valence-corrected chi connectivity index (χ3v) is 3.64. The molecular weight excluding hydrogens is 198 g/mol. The van der Waals surface area contributed by atoms with E-state index in [4.69, 9.17) is 10.5 Å². The van der Waals surface area contributed by atoms with Gasteiger partial charge in [-0.25, -0.2) is 0 Å². The lowest BCUT2D eigenvalue weighted by Gasteiger charge is -2.31. The van der Waals surface area contributed by atoms with Crippen LogP contribution in [0.25, 0.3) is 0 Å². The first kappa shape index (κ1) is 11.6. The Balaban J connectivity index is 2.00. The van der Waals surface area contributed by atoms with Crippen molar-refractivity contribution in [1.29, 1.82) is 0 Å². The maximum absolute atomic E-state index is 6.34. The van der Waals surface area contributed by atoms with Crippen LogP contribution in [-0.2, 0) is 4.74 Å². The highest BCUT2D eigenvalue weighted by Gasteiger charge is 2.26. The van der Waals surface area contributed by atoms with Gasteiger partial charge in [0.2, 0.25) is 0 Å². The summed E-state index contributed by atoms with van der Waals surface area (Å²) >= 11 is 0. The summed E-state index contributed by atoms with van der Waals surface area (Å²) in [6, 6.07) is 10.7. The second-order valence-corrected chi connectivity index (χ2v) is 4.75. The van der Waals surface area contributed by atoms with E-state index in [1.807, 2.05) is 6.07 Å². The Morgan fingerprint density at radius 1 is 1.31 bits per heavy atom. The van der Waals surface area contributed by atoms with Crippen LogP contribution in [0.4, 0.5) is 0 Å². The van der Waals surface area contributed by atoms with Crippen LogP contribution in [-0.4, -0.2) is 19.3 Å². The van der Waals surface area contributed by atoms with Crippen LogP contribution in [0.15, 0.2) is 30.3 Å². The summed E-state index contributed by atoms with van der Waals surface area (Å²) in [6.07, 6.45) is 2.36. The molecule has 1 heterocycles. The summed E-state index contributed by atoms with van der Waals surface area (Å²) in [4.78, 5) is 0. The fraction of sp³-hybridized carbons (Fsp3) is 0.571. The molecule has 1 aromatic carbocycles. The van der Waals surface area contributed by atoms with Crippen molar-refractivity contribution in [1.82, 2.24) is 0 Å². The van der Waals surface area contributed by atoms with Gasteiger partial charge in [0, 0.05) is 12.6 Å². The number of nitrogens with two attached hydrogens (primary N) is 1. The normalized spacial score (nSPS) is 25.0. The summed E-state index contributed by atoms with van der Waals surface area (Å²) in [6.45, 7) is 3.95. The quantitative estimate of drug-likeness (QED) is 0.848. The van der Waals surface area contributed by atoms with Crippen molar-refractivity contribution in [3.8, 4) is 0 Å². The zero-order chi connectivity index (χ0) is 11.4. The SMILES string of the molecule is CC(c1ccccc1)C(N)C1CCCOC1. The molecule has 0 aromatic heterocycles. The largest absolute Gasteiger partial charge is 0.381 e. The number of hydrogen-bond acceptors (Lipinski definition) is 2. The number of hydrogen-bond donors (Lipinski definition) is 1. The highest BCUT2D eigenvalue weighted by Crippen LogP contribution is 2.26. The van der Waals surface area contributed by atoms with Crippen LogP contribution in [0, 0.1) is 5.92 Å². The predicted molar refractivity (Wildman–Crippen MR) is 66.4 cm³/mol. The van der Waals surface area contributed by atoms with E-state index < -0.39 is 0 Å². The van der Waals surface area contributed by atoms with Crippen LogP contribution >= 0.6 is 0 Å². The average Bonchev–Trinajstić information content (AvgIpc) is 2.39. The third kappa shape index (κ3) is 2.63. The Kier molecular flexibility index (Phi) is 3.97. The van der Waals surface area contributed by atoms with Crippen molar-refractivity contribution < 1.29 is 4.74 Å². The van der Waals surface area contributed by atoms with Crippen molar-refractivity contribution in [2.45, 2.75) is 31.7 Å². The molecule has 0 radical (unpaired) electrons. The molecule has 0 saturated carbocycles. The number of rotatable bonds is 3. The first-order valence-corrected chi connectivity index (χ1v) is 6.17. The van der Waals surface area contributed by atoms with Crippen molar-refractivity contribution in [3.05, 3.63) is 35.9 Å². The Morgan fingerprint density at radius 3 is 2.69 bits per heavy atom. The van der Waals surface area contributed by atoms with Gasteiger partial charge >= 0.3 is 0 Å². The molecule has 1 aliphatic rings. The molecule has 1 aromatic rings. The highest BCUT2D eigenvalue weighted by atomic mass is 16.5. The van der Waals surface area contributed by atoms with Gasteiger partial charge in [-0.1, -0.05) is 37.3 Å². The minimum Gasteiger partial charge on any atom is -0.381 e. The number of ether oxygens (including phenoxy) is 1. The Morgan fingerprint density at radius 2 is 2.06 bits per heavy atom. The van der Waals surface area contributed by atoms with Gasteiger partial charge in [0.25, 0.3) is 0 Å². The standard InChI is InChI=1S/C14H21NO/c1-11(12-6-3-2-4-7-12)14(15)13-8-5-9-16-10-13/h2-4,6-7,11,13-14H,5,8-10,15H2,1H3. The molecule has 3 unspecified atom stereocenters. The van der Waals surface area contributed by atoms with Gasteiger partial charge in [-0.3, -0.25) is 0 Å². The topological polar surface area (TPSA) is 35.2 Å². The highest BCUT2D eigenvalue weighted by molar-refractivity contribution is 5.20. The van der Waals surface area contributed by atoms with Crippen LogP contribution in [0.2, 0.25) is 0 Å². The van der Waals surface area contributed by atoms with Gasteiger partial charge in [-0.2, -0.15) is 0 Å². The molecule has 1 saturated heterocycles. The van der Waals surface area contributed by atoms with E-state index >= 15 is 0 Å². The molecule has 2 heteroatoms. The molecule has 88 valence electrons. The second-order valence-electron chi connectivity index (χ2n) is 4.75. The van der Waals surface area contributed by atoms with Gasteiger partial charge in [-0.15, -0.1) is 0 Å². The van der Waals surface area contributed by atoms with Crippen LogP contribution in [0.5, 0.6) is 0 Å². The fourth-order valence-corrected chi connectivity index (χ4v) is 2.46. The minimum atomic E-state index is 0.211. The third-order valence-electron chi connectivity index (χ3n) is 3.64. The predicted octanol–water partition coefficient (Wildman–Crippen LogP) is 2.54. The van der Waals surface area contributed by atoms with Crippen molar-refractivity contribution in [2.24, 2.45) is 11.7 Å². The maximum atomic E-state index is 6.34. The van der Waals surface area contributed by atoms with Crippen LogP contribution in [0.3, 0.4) is 0 Å². The smallest absolute Gasteiger partial charge is 0.0509 e. The van der Waals surface area contributed by atoms with E-state index in [0.29, 0.717) is 11.8 Å². The minimum absolute atomic E-state index is 0.211. The lowest BCUT2D eigenvalue weighted by Crippen LogP contribution is -2.39. The molecule has 0 bridgehead atoms. The zero-order valence-electron chi connectivity index (χ0n) is 9.93. The van der Waals surface area contributed by atoms with Crippen molar-refractivity contribution in [3.63, 3.8) is 0 Å². The monoisotopic (exact) mass is 219 g/mol. The Hall–Kier alpha value is -0.860. The number of benzene rings is 1. The molecule has 0 amide bonds. The van der Waals surface area contributed by atoms with Gasteiger partial charge < -0.3 is 10.5 Å². The van der Waals surface area contributed by atoms with Gasteiger partial charge in [-0.05, 0) is 30.2 Å². The van der Waals surface area contributed by atoms with Crippen LogP contribution < -0.4 is 5.73 Å². The molecule has 2 nitrogen and oxygen atoms in total. The summed E-state index contributed by atoms with van der Waals surface area (Å²) < 4.78 is 5.51.